The topological polar surface area (TPSA) is 12.0 Å². The van der Waals surface area contributed by atoms with E-state index in [2.05, 4.69) is 12.2 Å². The normalized spacial score (nSPS) is 21.0. The van der Waals surface area contributed by atoms with Crippen molar-refractivity contribution in [3.8, 4) is 0 Å². The highest BCUT2D eigenvalue weighted by atomic mass is 35.5. The van der Waals surface area contributed by atoms with Crippen LogP contribution in [0.15, 0.2) is 0 Å². The second-order valence-electron chi connectivity index (χ2n) is 4.72. The molecule has 1 aliphatic rings. The maximum atomic E-state index is 6.11. The van der Waals surface area contributed by atoms with E-state index in [9.17, 15) is 0 Å². The van der Waals surface area contributed by atoms with Crippen molar-refractivity contribution in [2.24, 2.45) is 5.41 Å². The Hall–Kier alpha value is 0.250. The molecular formula is C12H24ClN. The van der Waals surface area contributed by atoms with Gasteiger partial charge in [-0.3, -0.25) is 0 Å². The van der Waals surface area contributed by atoms with Crippen LogP contribution in [-0.4, -0.2) is 19.0 Å². The molecule has 1 saturated carbocycles. The zero-order chi connectivity index (χ0) is 10.3. The largest absolute Gasteiger partial charge is 0.316 e. The van der Waals surface area contributed by atoms with Crippen LogP contribution in [0.25, 0.3) is 0 Å². The third kappa shape index (κ3) is 3.78. The molecule has 0 radical (unpaired) electrons. The van der Waals surface area contributed by atoms with Crippen molar-refractivity contribution < 1.29 is 0 Å². The molecule has 0 saturated heterocycles. The summed E-state index contributed by atoms with van der Waals surface area (Å²) in [5.41, 5.74) is 0.424. The molecule has 0 amide bonds. The lowest BCUT2D eigenvalue weighted by Crippen LogP contribution is -2.38. The highest BCUT2D eigenvalue weighted by molar-refractivity contribution is 6.18. The molecule has 1 N–H and O–H groups in total. The van der Waals surface area contributed by atoms with Gasteiger partial charge < -0.3 is 5.32 Å². The lowest BCUT2D eigenvalue weighted by atomic mass is 9.75. The van der Waals surface area contributed by atoms with Gasteiger partial charge in [0.1, 0.15) is 0 Å². The van der Waals surface area contributed by atoms with Crippen molar-refractivity contribution >= 4 is 11.6 Å². The molecule has 0 aromatic rings. The van der Waals surface area contributed by atoms with Gasteiger partial charge in [-0.1, -0.05) is 32.6 Å². The van der Waals surface area contributed by atoms with E-state index in [-0.39, 0.29) is 0 Å². The number of rotatable bonds is 6. The van der Waals surface area contributed by atoms with Gasteiger partial charge in [0, 0.05) is 12.4 Å². The van der Waals surface area contributed by atoms with Gasteiger partial charge in [-0.25, -0.2) is 0 Å². The summed E-state index contributed by atoms with van der Waals surface area (Å²) in [4.78, 5) is 0. The fourth-order valence-electron chi connectivity index (χ4n) is 2.31. The Balaban J connectivity index is 2.22. The van der Waals surface area contributed by atoms with Crippen LogP contribution in [0.5, 0.6) is 0 Å². The van der Waals surface area contributed by atoms with E-state index in [1.54, 1.807) is 0 Å². The molecule has 84 valence electrons. The van der Waals surface area contributed by atoms with Crippen molar-refractivity contribution in [2.45, 2.75) is 51.9 Å². The zero-order valence-electron chi connectivity index (χ0n) is 9.45. The molecule has 0 aromatic carbocycles. The molecule has 1 fully saturated rings. The molecule has 1 nitrogen and oxygen atoms in total. The van der Waals surface area contributed by atoms with Gasteiger partial charge in [0.2, 0.25) is 0 Å². The zero-order valence-corrected chi connectivity index (χ0v) is 10.2. The number of halogens is 1. The summed E-state index contributed by atoms with van der Waals surface area (Å²) in [7, 11) is 0. The van der Waals surface area contributed by atoms with E-state index in [0.29, 0.717) is 5.41 Å². The van der Waals surface area contributed by atoms with Crippen LogP contribution in [0.4, 0.5) is 0 Å². The average Bonchev–Trinajstić information content (AvgIpc) is 2.26. The predicted molar refractivity (Wildman–Crippen MR) is 64.0 cm³/mol. The van der Waals surface area contributed by atoms with Crippen LogP contribution < -0.4 is 5.32 Å². The van der Waals surface area contributed by atoms with Crippen LogP contribution in [0, 0.1) is 5.41 Å². The van der Waals surface area contributed by atoms with Crippen molar-refractivity contribution in [1.82, 2.24) is 5.32 Å². The number of hydrogen-bond acceptors (Lipinski definition) is 1. The van der Waals surface area contributed by atoms with E-state index in [0.717, 1.165) is 19.0 Å². The number of alkyl halides is 1. The lowest BCUT2D eigenvalue weighted by Gasteiger charge is -2.35. The first-order valence-corrected chi connectivity index (χ1v) is 6.63. The maximum absolute atomic E-state index is 6.11. The summed E-state index contributed by atoms with van der Waals surface area (Å²) in [6.07, 6.45) is 9.39. The second kappa shape index (κ2) is 6.68. The molecule has 14 heavy (non-hydrogen) atoms. The van der Waals surface area contributed by atoms with Gasteiger partial charge in [-0.2, -0.15) is 0 Å². The van der Waals surface area contributed by atoms with Crippen LogP contribution in [0.2, 0.25) is 0 Å². The quantitative estimate of drug-likeness (QED) is 0.530. The molecule has 2 heteroatoms. The van der Waals surface area contributed by atoms with Gasteiger partial charge in [0.25, 0.3) is 0 Å². The molecule has 0 unspecified atom stereocenters. The minimum Gasteiger partial charge on any atom is -0.316 e. The molecule has 0 bridgehead atoms. The Kier molecular flexibility index (Phi) is 5.88. The Morgan fingerprint density at radius 1 is 1.21 bits per heavy atom. The summed E-state index contributed by atoms with van der Waals surface area (Å²) in [6, 6.07) is 0. The van der Waals surface area contributed by atoms with E-state index in [1.807, 2.05) is 0 Å². The first-order chi connectivity index (χ1) is 6.83. The summed E-state index contributed by atoms with van der Waals surface area (Å²) in [6.45, 7) is 4.53. The summed E-state index contributed by atoms with van der Waals surface area (Å²) >= 11 is 6.11. The van der Waals surface area contributed by atoms with Crippen LogP contribution in [0.3, 0.4) is 0 Å². The molecule has 0 aliphatic heterocycles. The Morgan fingerprint density at radius 2 is 1.93 bits per heavy atom. The minimum absolute atomic E-state index is 0.424. The van der Waals surface area contributed by atoms with Gasteiger partial charge >= 0.3 is 0 Å². The first-order valence-electron chi connectivity index (χ1n) is 6.10. The van der Waals surface area contributed by atoms with Crippen molar-refractivity contribution in [3.63, 3.8) is 0 Å². The number of unbranched alkanes of at least 4 members (excludes halogenated alkanes) is 1. The monoisotopic (exact) mass is 217 g/mol. The molecule has 0 spiro atoms. The molecule has 0 heterocycles. The van der Waals surface area contributed by atoms with Crippen molar-refractivity contribution in [2.75, 3.05) is 19.0 Å². The van der Waals surface area contributed by atoms with E-state index >= 15 is 0 Å². The molecule has 1 aliphatic carbocycles. The van der Waals surface area contributed by atoms with E-state index in [4.69, 9.17) is 11.6 Å². The van der Waals surface area contributed by atoms with Crippen LogP contribution >= 0.6 is 11.6 Å². The Morgan fingerprint density at radius 3 is 2.50 bits per heavy atom. The molecule has 1 rings (SSSR count). The molecule has 0 aromatic heterocycles. The van der Waals surface area contributed by atoms with Crippen molar-refractivity contribution in [3.05, 3.63) is 0 Å². The first kappa shape index (κ1) is 12.3. The van der Waals surface area contributed by atoms with Crippen LogP contribution in [0.1, 0.15) is 51.9 Å². The Bertz CT molecular complexity index is 141. The SMILES string of the molecule is CCCCNCC1(CCl)CCCCC1. The lowest BCUT2D eigenvalue weighted by molar-refractivity contribution is 0.212. The van der Waals surface area contributed by atoms with Gasteiger partial charge in [0.05, 0.1) is 0 Å². The minimum atomic E-state index is 0.424. The number of nitrogens with one attached hydrogen (secondary N) is 1. The summed E-state index contributed by atoms with van der Waals surface area (Å²) in [5.74, 6) is 0.839. The predicted octanol–water partition coefficient (Wildman–Crippen LogP) is 3.57. The molecule has 0 atom stereocenters. The third-order valence-electron chi connectivity index (χ3n) is 3.40. The highest BCUT2D eigenvalue weighted by Crippen LogP contribution is 2.36. The fourth-order valence-corrected chi connectivity index (χ4v) is 2.68. The van der Waals surface area contributed by atoms with Crippen molar-refractivity contribution in [1.29, 1.82) is 0 Å². The van der Waals surface area contributed by atoms with Gasteiger partial charge in [-0.05, 0) is 31.2 Å². The average molecular weight is 218 g/mol. The third-order valence-corrected chi connectivity index (χ3v) is 3.97. The van der Waals surface area contributed by atoms with Crippen LogP contribution in [-0.2, 0) is 0 Å². The smallest absolute Gasteiger partial charge is 0.0292 e. The second-order valence-corrected chi connectivity index (χ2v) is 4.99. The van der Waals surface area contributed by atoms with E-state index in [1.165, 1.54) is 44.9 Å². The maximum Gasteiger partial charge on any atom is 0.0292 e. The Labute approximate surface area is 93.6 Å². The fraction of sp³-hybridized carbons (Fsp3) is 1.00. The highest BCUT2D eigenvalue weighted by Gasteiger charge is 2.30. The van der Waals surface area contributed by atoms with Gasteiger partial charge in [0.15, 0.2) is 0 Å². The summed E-state index contributed by atoms with van der Waals surface area (Å²) < 4.78 is 0. The standard InChI is InChI=1S/C12H24ClN/c1-2-3-9-14-11-12(10-13)7-5-4-6-8-12/h14H,2-11H2,1H3. The number of hydrogen-bond donors (Lipinski definition) is 1. The summed E-state index contributed by atoms with van der Waals surface area (Å²) in [5, 5.41) is 3.56. The molecular weight excluding hydrogens is 194 g/mol. The van der Waals surface area contributed by atoms with E-state index < -0.39 is 0 Å². The van der Waals surface area contributed by atoms with Gasteiger partial charge in [-0.15, -0.1) is 11.6 Å².